The first-order valence-electron chi connectivity index (χ1n) is 4.88. The van der Waals surface area contributed by atoms with Crippen LogP contribution < -0.4 is 5.32 Å². The van der Waals surface area contributed by atoms with Gasteiger partial charge in [0.05, 0.1) is 18.2 Å². The van der Waals surface area contributed by atoms with E-state index in [1.54, 1.807) is 0 Å². The molecule has 2 N–H and O–H groups in total. The Hall–Kier alpha value is -1.30. The number of pyridine rings is 1. The Bertz CT molecular complexity index is 320. The van der Waals surface area contributed by atoms with E-state index in [2.05, 4.69) is 10.3 Å². The van der Waals surface area contributed by atoms with Crippen molar-refractivity contribution in [3.8, 4) is 0 Å². The number of anilines is 1. The van der Waals surface area contributed by atoms with Gasteiger partial charge in [-0.3, -0.25) is 0 Å². The Morgan fingerprint density at radius 3 is 2.50 bits per heavy atom. The van der Waals surface area contributed by atoms with E-state index in [0.29, 0.717) is 12.2 Å². The molecule has 6 heteroatoms. The lowest BCUT2D eigenvalue weighted by Gasteiger charge is -2.15. The van der Waals surface area contributed by atoms with Crippen LogP contribution in [0.3, 0.4) is 0 Å². The first-order valence-corrected chi connectivity index (χ1v) is 4.88. The zero-order valence-electron chi connectivity index (χ0n) is 8.75. The van der Waals surface area contributed by atoms with Crippen LogP contribution in [0.5, 0.6) is 0 Å². The normalized spacial score (nSPS) is 13.6. The number of aromatic nitrogens is 1. The van der Waals surface area contributed by atoms with E-state index in [1.165, 1.54) is 6.07 Å². The lowest BCUT2D eigenvalue weighted by Crippen LogP contribution is -2.23. The maximum atomic E-state index is 12.2. The van der Waals surface area contributed by atoms with E-state index in [1.807, 2.05) is 6.92 Å². The van der Waals surface area contributed by atoms with E-state index >= 15 is 0 Å². The fourth-order valence-corrected chi connectivity index (χ4v) is 1.13. The van der Waals surface area contributed by atoms with Crippen LogP contribution in [0.25, 0.3) is 0 Å². The number of rotatable bonds is 4. The van der Waals surface area contributed by atoms with Crippen molar-refractivity contribution in [3.63, 3.8) is 0 Å². The minimum atomic E-state index is -4.37. The van der Waals surface area contributed by atoms with Crippen molar-refractivity contribution >= 4 is 5.82 Å². The van der Waals surface area contributed by atoms with E-state index in [-0.39, 0.29) is 12.6 Å². The number of nitrogens with one attached hydrogen (secondary N) is 1. The van der Waals surface area contributed by atoms with Gasteiger partial charge in [0.2, 0.25) is 0 Å². The molecule has 1 unspecified atom stereocenters. The summed E-state index contributed by atoms with van der Waals surface area (Å²) in [5.74, 6) is 0.328. The van der Waals surface area contributed by atoms with Gasteiger partial charge >= 0.3 is 6.18 Å². The first-order chi connectivity index (χ1) is 7.47. The van der Waals surface area contributed by atoms with Crippen LogP contribution in [0, 0.1) is 0 Å². The maximum absolute atomic E-state index is 12.2. The number of hydrogen-bond acceptors (Lipinski definition) is 3. The summed E-state index contributed by atoms with van der Waals surface area (Å²) in [4.78, 5) is 3.64. The van der Waals surface area contributed by atoms with Crippen molar-refractivity contribution in [2.75, 3.05) is 11.9 Å². The van der Waals surface area contributed by atoms with Gasteiger partial charge in [0, 0.05) is 6.20 Å². The molecule has 16 heavy (non-hydrogen) atoms. The first kappa shape index (κ1) is 12.8. The van der Waals surface area contributed by atoms with Crippen LogP contribution in [0.2, 0.25) is 0 Å². The van der Waals surface area contributed by atoms with E-state index in [0.717, 1.165) is 12.3 Å². The minimum absolute atomic E-state index is 0.0841. The highest BCUT2D eigenvalue weighted by molar-refractivity contribution is 5.37. The molecule has 0 aliphatic carbocycles. The molecule has 0 radical (unpaired) electrons. The quantitative estimate of drug-likeness (QED) is 0.840. The molecule has 0 amide bonds. The van der Waals surface area contributed by atoms with E-state index in [9.17, 15) is 13.2 Å². The average molecular weight is 234 g/mol. The molecule has 1 rings (SSSR count). The SMILES string of the molecule is CCC(CO)Nc1ccc(C(F)(F)F)cn1. The zero-order chi connectivity index (χ0) is 12.2. The van der Waals surface area contributed by atoms with Crippen molar-refractivity contribution in [1.29, 1.82) is 0 Å². The predicted molar refractivity (Wildman–Crippen MR) is 54.0 cm³/mol. The standard InChI is InChI=1S/C10H13F3N2O/c1-2-8(6-16)15-9-4-3-7(5-14-9)10(11,12)13/h3-5,8,16H,2,6H2,1H3,(H,14,15). The molecule has 1 atom stereocenters. The smallest absolute Gasteiger partial charge is 0.394 e. The Kier molecular flexibility index (Phi) is 4.12. The largest absolute Gasteiger partial charge is 0.417 e. The average Bonchev–Trinajstić information content (AvgIpc) is 2.25. The van der Waals surface area contributed by atoms with Crippen molar-refractivity contribution in [3.05, 3.63) is 23.9 Å². The summed E-state index contributed by atoms with van der Waals surface area (Å²) >= 11 is 0. The van der Waals surface area contributed by atoms with Gasteiger partial charge in [-0.05, 0) is 18.6 Å². The predicted octanol–water partition coefficient (Wildman–Crippen LogP) is 2.28. The Morgan fingerprint density at radius 1 is 1.44 bits per heavy atom. The van der Waals surface area contributed by atoms with E-state index < -0.39 is 11.7 Å². The lowest BCUT2D eigenvalue weighted by molar-refractivity contribution is -0.137. The van der Waals surface area contributed by atoms with Crippen molar-refractivity contribution in [2.45, 2.75) is 25.6 Å². The summed E-state index contributed by atoms with van der Waals surface area (Å²) in [5, 5.41) is 11.7. The summed E-state index contributed by atoms with van der Waals surface area (Å²) in [7, 11) is 0. The van der Waals surface area contributed by atoms with Crippen LogP contribution in [0.15, 0.2) is 18.3 Å². The molecule has 0 bridgehead atoms. The third-order valence-electron chi connectivity index (χ3n) is 2.16. The van der Waals surface area contributed by atoms with Gasteiger partial charge in [0.25, 0.3) is 0 Å². The van der Waals surface area contributed by atoms with Crippen LogP contribution >= 0.6 is 0 Å². The molecule has 0 aliphatic heterocycles. The molecule has 0 fully saturated rings. The Labute approximate surface area is 91.3 Å². The fourth-order valence-electron chi connectivity index (χ4n) is 1.13. The third kappa shape index (κ3) is 3.37. The number of halogens is 3. The molecule has 3 nitrogen and oxygen atoms in total. The summed E-state index contributed by atoms with van der Waals surface area (Å²) < 4.78 is 36.6. The molecule has 90 valence electrons. The van der Waals surface area contributed by atoms with Gasteiger partial charge in [-0.2, -0.15) is 13.2 Å². The highest BCUT2D eigenvalue weighted by atomic mass is 19.4. The van der Waals surface area contributed by atoms with Crippen molar-refractivity contribution < 1.29 is 18.3 Å². The van der Waals surface area contributed by atoms with E-state index in [4.69, 9.17) is 5.11 Å². The van der Waals surface area contributed by atoms with Gasteiger partial charge in [-0.1, -0.05) is 6.92 Å². The van der Waals surface area contributed by atoms with Crippen molar-refractivity contribution in [2.24, 2.45) is 0 Å². The van der Waals surface area contributed by atoms with Gasteiger partial charge in [-0.25, -0.2) is 4.98 Å². The molecular weight excluding hydrogens is 221 g/mol. The second-order valence-corrected chi connectivity index (χ2v) is 3.36. The van der Waals surface area contributed by atoms with Gasteiger partial charge < -0.3 is 10.4 Å². The van der Waals surface area contributed by atoms with Crippen LogP contribution in [-0.4, -0.2) is 22.7 Å². The van der Waals surface area contributed by atoms with Crippen LogP contribution in [-0.2, 0) is 6.18 Å². The highest BCUT2D eigenvalue weighted by Gasteiger charge is 2.30. The molecule has 0 aromatic carbocycles. The van der Waals surface area contributed by atoms with Gasteiger partial charge in [0.1, 0.15) is 5.82 Å². The zero-order valence-corrected chi connectivity index (χ0v) is 8.75. The molecule has 1 aromatic heterocycles. The monoisotopic (exact) mass is 234 g/mol. The number of nitrogens with zero attached hydrogens (tertiary/aromatic N) is 1. The topological polar surface area (TPSA) is 45.1 Å². The minimum Gasteiger partial charge on any atom is -0.394 e. The molecule has 0 saturated heterocycles. The molecule has 0 spiro atoms. The number of aliphatic hydroxyl groups excluding tert-OH is 1. The van der Waals surface area contributed by atoms with Crippen LogP contribution in [0.1, 0.15) is 18.9 Å². The van der Waals surface area contributed by atoms with Gasteiger partial charge in [-0.15, -0.1) is 0 Å². The highest BCUT2D eigenvalue weighted by Crippen LogP contribution is 2.28. The molecule has 1 aromatic rings. The third-order valence-corrected chi connectivity index (χ3v) is 2.16. The lowest BCUT2D eigenvalue weighted by atomic mass is 10.2. The Balaban J connectivity index is 2.72. The second-order valence-electron chi connectivity index (χ2n) is 3.36. The molecule has 1 heterocycles. The Morgan fingerprint density at radius 2 is 2.12 bits per heavy atom. The van der Waals surface area contributed by atoms with Gasteiger partial charge in [0.15, 0.2) is 0 Å². The molecule has 0 saturated carbocycles. The number of alkyl halides is 3. The molecule has 0 aliphatic rings. The summed E-state index contributed by atoms with van der Waals surface area (Å²) in [6, 6.07) is 2.02. The summed E-state index contributed by atoms with van der Waals surface area (Å²) in [6.07, 6.45) is -2.93. The maximum Gasteiger partial charge on any atom is 0.417 e. The van der Waals surface area contributed by atoms with Crippen molar-refractivity contribution in [1.82, 2.24) is 4.98 Å². The number of hydrogen-bond donors (Lipinski definition) is 2. The summed E-state index contributed by atoms with van der Waals surface area (Å²) in [6.45, 7) is 1.77. The van der Waals surface area contributed by atoms with Crippen LogP contribution in [0.4, 0.5) is 19.0 Å². The fraction of sp³-hybridized carbons (Fsp3) is 0.500. The summed E-state index contributed by atoms with van der Waals surface area (Å²) in [5.41, 5.74) is -0.782. The second kappa shape index (κ2) is 5.16. The molecular formula is C10H13F3N2O. The number of aliphatic hydroxyl groups is 1.